The molecule has 0 saturated carbocycles. The molecule has 1 atom stereocenters. The summed E-state index contributed by atoms with van der Waals surface area (Å²) in [5, 5.41) is 19.2. The third-order valence-corrected chi connectivity index (χ3v) is 5.42. The van der Waals surface area contributed by atoms with Crippen LogP contribution in [-0.4, -0.2) is 44.3 Å². The molecule has 184 valence electrons. The minimum Gasteiger partial charge on any atom is -0.392 e. The molecule has 2 heterocycles. The molecular formula is C25H22ClFN6O3. The summed E-state index contributed by atoms with van der Waals surface area (Å²) < 4.78 is 15.7. The van der Waals surface area contributed by atoms with Crippen molar-refractivity contribution in [3.63, 3.8) is 0 Å². The van der Waals surface area contributed by atoms with Crippen LogP contribution < -0.4 is 16.4 Å². The van der Waals surface area contributed by atoms with Gasteiger partial charge >= 0.3 is 0 Å². The van der Waals surface area contributed by atoms with Crippen LogP contribution >= 0.6 is 11.6 Å². The van der Waals surface area contributed by atoms with Gasteiger partial charge in [0, 0.05) is 18.2 Å². The molecule has 2 amide bonds. The monoisotopic (exact) mass is 508 g/mol. The van der Waals surface area contributed by atoms with Crippen LogP contribution in [0.5, 0.6) is 0 Å². The minimum atomic E-state index is -0.738. The van der Waals surface area contributed by atoms with Crippen molar-refractivity contribution in [1.29, 1.82) is 0 Å². The molecule has 0 aliphatic rings. The number of halogens is 2. The first-order valence-corrected chi connectivity index (χ1v) is 11.3. The largest absolute Gasteiger partial charge is 0.392 e. The maximum absolute atomic E-state index is 14.4. The Kier molecular flexibility index (Phi) is 7.28. The van der Waals surface area contributed by atoms with E-state index in [-0.39, 0.29) is 40.2 Å². The van der Waals surface area contributed by atoms with E-state index in [0.29, 0.717) is 11.3 Å². The van der Waals surface area contributed by atoms with Crippen LogP contribution in [0, 0.1) is 5.82 Å². The highest BCUT2D eigenvalue weighted by atomic mass is 35.5. The Balaban J connectivity index is 1.69. The number of para-hydroxylation sites is 1. The lowest BCUT2D eigenvalue weighted by atomic mass is 10.1. The smallest absolute Gasteiger partial charge is 0.271 e. The lowest BCUT2D eigenvalue weighted by Crippen LogP contribution is -2.30. The summed E-state index contributed by atoms with van der Waals surface area (Å²) in [6.07, 6.45) is -0.738. The molecule has 9 nitrogen and oxygen atoms in total. The zero-order valence-electron chi connectivity index (χ0n) is 19.1. The molecule has 4 rings (SSSR count). The quantitative estimate of drug-likeness (QED) is 0.301. The number of aromatic nitrogens is 3. The van der Waals surface area contributed by atoms with Crippen LogP contribution in [0.15, 0.2) is 66.7 Å². The number of nitrogens with two attached hydrogens (primary N) is 1. The van der Waals surface area contributed by atoms with E-state index in [0.717, 1.165) is 0 Å². The van der Waals surface area contributed by atoms with Gasteiger partial charge in [0.05, 0.1) is 22.4 Å². The summed E-state index contributed by atoms with van der Waals surface area (Å²) in [6.45, 7) is 1.58. The second-order valence-electron chi connectivity index (χ2n) is 7.94. The molecule has 0 bridgehead atoms. The molecule has 0 aliphatic carbocycles. The molecule has 5 N–H and O–H groups in total. The van der Waals surface area contributed by atoms with Gasteiger partial charge in [-0.05, 0) is 43.3 Å². The number of benzene rings is 2. The van der Waals surface area contributed by atoms with Gasteiger partial charge < -0.3 is 21.5 Å². The Bertz CT molecular complexity index is 1420. The number of nitrogens with one attached hydrogen (secondary N) is 2. The highest BCUT2D eigenvalue weighted by Crippen LogP contribution is 2.28. The summed E-state index contributed by atoms with van der Waals surface area (Å²) in [5.41, 5.74) is 6.65. The zero-order valence-corrected chi connectivity index (χ0v) is 19.8. The Labute approximate surface area is 210 Å². The molecule has 0 saturated heterocycles. The van der Waals surface area contributed by atoms with E-state index in [4.69, 9.17) is 17.3 Å². The van der Waals surface area contributed by atoms with Gasteiger partial charge in [0.15, 0.2) is 5.69 Å². The van der Waals surface area contributed by atoms with Gasteiger partial charge in [-0.1, -0.05) is 35.9 Å². The van der Waals surface area contributed by atoms with Crippen molar-refractivity contribution in [3.8, 4) is 16.9 Å². The Morgan fingerprint density at radius 2 is 1.86 bits per heavy atom. The van der Waals surface area contributed by atoms with E-state index in [1.807, 2.05) is 6.07 Å². The SMILES string of the molecule is CC(O)CNC(=O)c1cc(NC(=O)c2cc(-c3nc(N)ccc3F)ccc2Cl)n(-c2ccccc2)n1. The standard InChI is InChI=1S/C25H22ClFN6O3/c1-14(34)13-29-25(36)20-12-22(33(32-20)16-5-3-2-4-6-16)31-24(35)17-11-15(7-8-18(17)26)23-19(27)9-10-21(28)30-23/h2-12,14,34H,13H2,1H3,(H2,28,30)(H,29,36)(H,31,35). The first kappa shape index (κ1) is 24.8. The molecule has 0 radical (unpaired) electrons. The third kappa shape index (κ3) is 5.51. The number of anilines is 2. The highest BCUT2D eigenvalue weighted by molar-refractivity contribution is 6.34. The second-order valence-corrected chi connectivity index (χ2v) is 8.34. The normalized spacial score (nSPS) is 11.7. The number of nitrogens with zero attached hydrogens (tertiary/aromatic N) is 3. The number of amides is 2. The van der Waals surface area contributed by atoms with Crippen molar-refractivity contribution in [3.05, 3.63) is 88.8 Å². The minimum absolute atomic E-state index is 0.0212. The average Bonchev–Trinajstić information content (AvgIpc) is 3.28. The van der Waals surface area contributed by atoms with Crippen molar-refractivity contribution >= 4 is 35.1 Å². The number of carbonyl (C=O) groups is 2. The lowest BCUT2D eigenvalue weighted by molar-refractivity contribution is 0.0918. The topological polar surface area (TPSA) is 135 Å². The number of hydrogen-bond donors (Lipinski definition) is 4. The molecular weight excluding hydrogens is 487 g/mol. The lowest BCUT2D eigenvalue weighted by Gasteiger charge is -2.11. The summed E-state index contributed by atoms with van der Waals surface area (Å²) in [5.74, 6) is -1.42. The molecule has 0 aliphatic heterocycles. The summed E-state index contributed by atoms with van der Waals surface area (Å²) >= 11 is 6.29. The van der Waals surface area contributed by atoms with Crippen molar-refractivity contribution in [2.45, 2.75) is 13.0 Å². The summed E-state index contributed by atoms with van der Waals surface area (Å²) in [4.78, 5) is 29.8. The van der Waals surface area contributed by atoms with Crippen molar-refractivity contribution < 1.29 is 19.1 Å². The van der Waals surface area contributed by atoms with E-state index in [1.54, 1.807) is 24.3 Å². The fraction of sp³-hybridized carbons (Fsp3) is 0.120. The fourth-order valence-corrected chi connectivity index (χ4v) is 3.57. The number of pyridine rings is 1. The van der Waals surface area contributed by atoms with Crippen LogP contribution in [-0.2, 0) is 0 Å². The number of carbonyl (C=O) groups excluding carboxylic acids is 2. The van der Waals surface area contributed by atoms with Gasteiger partial charge in [-0.3, -0.25) is 9.59 Å². The first-order valence-electron chi connectivity index (χ1n) is 10.9. The third-order valence-electron chi connectivity index (χ3n) is 5.09. The van der Waals surface area contributed by atoms with Crippen molar-refractivity contribution in [2.24, 2.45) is 0 Å². The van der Waals surface area contributed by atoms with Crippen LogP contribution in [0.1, 0.15) is 27.8 Å². The number of hydrogen-bond acceptors (Lipinski definition) is 6. The molecule has 4 aromatic rings. The first-order chi connectivity index (χ1) is 17.2. The van der Waals surface area contributed by atoms with Crippen LogP contribution in [0.4, 0.5) is 16.0 Å². The molecule has 11 heteroatoms. The van der Waals surface area contributed by atoms with Crippen molar-refractivity contribution in [2.75, 3.05) is 17.6 Å². The Morgan fingerprint density at radius 3 is 2.58 bits per heavy atom. The van der Waals surface area contributed by atoms with E-state index in [1.165, 1.54) is 48.0 Å². The molecule has 36 heavy (non-hydrogen) atoms. The number of aliphatic hydroxyl groups is 1. The fourth-order valence-electron chi connectivity index (χ4n) is 3.37. The Morgan fingerprint density at radius 1 is 1.11 bits per heavy atom. The van der Waals surface area contributed by atoms with Gasteiger partial charge in [-0.15, -0.1) is 0 Å². The molecule has 0 spiro atoms. The van der Waals surface area contributed by atoms with Gasteiger partial charge in [0.2, 0.25) is 0 Å². The van der Waals surface area contributed by atoms with Gasteiger partial charge in [-0.2, -0.15) is 5.10 Å². The number of aliphatic hydroxyl groups excluding tert-OH is 1. The maximum atomic E-state index is 14.4. The van der Waals surface area contributed by atoms with E-state index in [9.17, 15) is 19.1 Å². The van der Waals surface area contributed by atoms with Gasteiger partial charge in [-0.25, -0.2) is 14.1 Å². The maximum Gasteiger partial charge on any atom is 0.271 e. The second kappa shape index (κ2) is 10.5. The van der Waals surface area contributed by atoms with Crippen LogP contribution in [0.2, 0.25) is 5.02 Å². The molecule has 2 aromatic heterocycles. The summed E-state index contributed by atoms with van der Waals surface area (Å²) in [6, 6.07) is 17.2. The van der Waals surface area contributed by atoms with Crippen LogP contribution in [0.25, 0.3) is 16.9 Å². The average molecular weight is 509 g/mol. The van der Waals surface area contributed by atoms with Crippen LogP contribution in [0.3, 0.4) is 0 Å². The summed E-state index contributed by atoms with van der Waals surface area (Å²) in [7, 11) is 0. The molecule has 0 fully saturated rings. The van der Waals surface area contributed by atoms with Crippen molar-refractivity contribution in [1.82, 2.24) is 20.1 Å². The predicted molar refractivity (Wildman–Crippen MR) is 135 cm³/mol. The highest BCUT2D eigenvalue weighted by Gasteiger charge is 2.20. The number of rotatable bonds is 7. The van der Waals surface area contributed by atoms with Gasteiger partial charge in [0.25, 0.3) is 11.8 Å². The molecule has 2 aromatic carbocycles. The predicted octanol–water partition coefficient (Wildman–Crippen LogP) is 3.67. The van der Waals surface area contributed by atoms with E-state index in [2.05, 4.69) is 20.7 Å². The van der Waals surface area contributed by atoms with Gasteiger partial charge in [0.1, 0.15) is 23.1 Å². The Hall–Kier alpha value is -4.28. The molecule has 1 unspecified atom stereocenters. The number of nitrogen functional groups attached to an aromatic ring is 1. The van der Waals surface area contributed by atoms with E-state index >= 15 is 0 Å². The zero-order chi connectivity index (χ0) is 25.8. The van der Waals surface area contributed by atoms with E-state index < -0.39 is 23.7 Å².